The first-order valence-corrected chi connectivity index (χ1v) is 11.9. The fraction of sp³-hybridized carbons (Fsp3) is 0.522. The van der Waals surface area contributed by atoms with Gasteiger partial charge in [-0.05, 0) is 50.8 Å². The van der Waals surface area contributed by atoms with Gasteiger partial charge in [0.2, 0.25) is 11.8 Å². The fourth-order valence-corrected chi connectivity index (χ4v) is 5.30. The van der Waals surface area contributed by atoms with Crippen LogP contribution in [0.5, 0.6) is 0 Å². The summed E-state index contributed by atoms with van der Waals surface area (Å²) < 4.78 is 0. The van der Waals surface area contributed by atoms with Crippen molar-refractivity contribution < 1.29 is 14.7 Å². The molecule has 31 heavy (non-hydrogen) atoms. The fourth-order valence-electron chi connectivity index (χ4n) is 4.49. The number of carbonyl (C=O) groups excluding carboxylic acids is 2. The number of benzene rings is 1. The Hall–Kier alpha value is -2.29. The number of rotatable bonds is 5. The number of piperidine rings is 1. The molecule has 1 aromatic carbocycles. The molecule has 0 spiro atoms. The van der Waals surface area contributed by atoms with Crippen LogP contribution in [0.15, 0.2) is 29.8 Å². The molecule has 2 saturated heterocycles. The Morgan fingerprint density at radius 3 is 2.68 bits per heavy atom. The lowest BCUT2D eigenvalue weighted by Gasteiger charge is -2.32. The predicted octanol–water partition coefficient (Wildman–Crippen LogP) is 2.40. The minimum absolute atomic E-state index is 0.0756. The molecule has 3 heterocycles. The number of thiazole rings is 1. The van der Waals surface area contributed by atoms with Crippen molar-refractivity contribution in [2.24, 2.45) is 0 Å². The standard InChI is InChI=1S/C23H30N4O3S/c1-14(16-6-8-17(9-7-16)21-15(2)25-13-31-21)26-22(29)20-19(28)10-12-27(20)23(30)18-5-3-4-11-24-18/h6-9,13-14,18-20,24,28H,3-5,10-12H2,1-2H3,(H,26,29). The van der Waals surface area contributed by atoms with Gasteiger partial charge in [-0.25, -0.2) is 4.98 Å². The summed E-state index contributed by atoms with van der Waals surface area (Å²) in [6.07, 6.45) is 2.44. The highest BCUT2D eigenvalue weighted by Crippen LogP contribution is 2.28. The van der Waals surface area contributed by atoms with E-state index in [1.54, 1.807) is 16.2 Å². The van der Waals surface area contributed by atoms with Crippen molar-refractivity contribution in [1.29, 1.82) is 0 Å². The number of aryl methyl sites for hydroxylation is 1. The van der Waals surface area contributed by atoms with Gasteiger partial charge in [0, 0.05) is 6.54 Å². The Bertz CT molecular complexity index is 923. The van der Waals surface area contributed by atoms with Crippen LogP contribution in [0.1, 0.15) is 49.9 Å². The van der Waals surface area contributed by atoms with E-state index in [0.29, 0.717) is 13.0 Å². The maximum atomic E-state index is 13.0. The van der Waals surface area contributed by atoms with Gasteiger partial charge in [0.25, 0.3) is 0 Å². The van der Waals surface area contributed by atoms with Gasteiger partial charge < -0.3 is 20.6 Å². The van der Waals surface area contributed by atoms with E-state index in [1.165, 1.54) is 0 Å². The highest BCUT2D eigenvalue weighted by molar-refractivity contribution is 7.13. The second kappa shape index (κ2) is 9.46. The Kier molecular flexibility index (Phi) is 6.69. The summed E-state index contributed by atoms with van der Waals surface area (Å²) in [6, 6.07) is 6.74. The molecule has 0 aliphatic carbocycles. The minimum atomic E-state index is -0.837. The van der Waals surface area contributed by atoms with E-state index >= 15 is 0 Å². The van der Waals surface area contributed by atoms with Gasteiger partial charge in [0.15, 0.2) is 0 Å². The second-order valence-corrected chi connectivity index (χ2v) is 9.31. The molecular weight excluding hydrogens is 412 g/mol. The maximum Gasteiger partial charge on any atom is 0.245 e. The molecule has 2 fully saturated rings. The van der Waals surface area contributed by atoms with Crippen LogP contribution in [0, 0.1) is 6.92 Å². The summed E-state index contributed by atoms with van der Waals surface area (Å²) >= 11 is 1.61. The normalized spacial score (nSPS) is 24.7. The Morgan fingerprint density at radius 1 is 1.26 bits per heavy atom. The number of hydrogen-bond acceptors (Lipinski definition) is 6. The third-order valence-corrected chi connectivity index (χ3v) is 7.28. The number of hydrogen-bond donors (Lipinski definition) is 3. The molecular formula is C23H30N4O3S. The van der Waals surface area contributed by atoms with Gasteiger partial charge in [0.1, 0.15) is 6.04 Å². The molecule has 166 valence electrons. The Morgan fingerprint density at radius 2 is 2.03 bits per heavy atom. The summed E-state index contributed by atoms with van der Waals surface area (Å²) in [5.74, 6) is -0.377. The molecule has 3 N–H and O–H groups in total. The lowest BCUT2D eigenvalue weighted by Crippen LogP contribution is -2.55. The number of likely N-dealkylation sites (tertiary alicyclic amines) is 1. The summed E-state index contributed by atoms with van der Waals surface area (Å²) in [7, 11) is 0. The van der Waals surface area contributed by atoms with Crippen LogP contribution in [0.2, 0.25) is 0 Å². The van der Waals surface area contributed by atoms with E-state index in [4.69, 9.17) is 0 Å². The first-order valence-electron chi connectivity index (χ1n) is 11.0. The van der Waals surface area contributed by atoms with Crippen LogP contribution in [0.25, 0.3) is 10.4 Å². The quantitative estimate of drug-likeness (QED) is 0.661. The first-order chi connectivity index (χ1) is 15.0. The molecule has 4 unspecified atom stereocenters. The third kappa shape index (κ3) is 4.66. The highest BCUT2D eigenvalue weighted by atomic mass is 32.1. The molecule has 7 nitrogen and oxygen atoms in total. The molecule has 2 aromatic rings. The molecule has 4 rings (SSSR count). The van der Waals surface area contributed by atoms with Crippen LogP contribution >= 0.6 is 11.3 Å². The summed E-state index contributed by atoms with van der Waals surface area (Å²) in [4.78, 5) is 33.0. The maximum absolute atomic E-state index is 13.0. The van der Waals surface area contributed by atoms with Crippen molar-refractivity contribution in [3.63, 3.8) is 0 Å². The predicted molar refractivity (Wildman–Crippen MR) is 121 cm³/mol. The summed E-state index contributed by atoms with van der Waals surface area (Å²) in [5.41, 5.74) is 4.92. The van der Waals surface area contributed by atoms with Crippen LogP contribution in [-0.2, 0) is 9.59 Å². The van der Waals surface area contributed by atoms with Gasteiger partial charge in [-0.15, -0.1) is 11.3 Å². The zero-order valence-electron chi connectivity index (χ0n) is 18.0. The molecule has 2 aliphatic heterocycles. The summed E-state index contributed by atoms with van der Waals surface area (Å²) in [6.45, 7) is 5.14. The van der Waals surface area contributed by atoms with Gasteiger partial charge in [-0.2, -0.15) is 0 Å². The smallest absolute Gasteiger partial charge is 0.245 e. The lowest BCUT2D eigenvalue weighted by atomic mass is 10.0. The summed E-state index contributed by atoms with van der Waals surface area (Å²) in [5, 5.41) is 16.7. The molecule has 0 saturated carbocycles. The van der Waals surface area contributed by atoms with E-state index in [2.05, 4.69) is 15.6 Å². The zero-order valence-corrected chi connectivity index (χ0v) is 18.8. The monoisotopic (exact) mass is 442 g/mol. The van der Waals surface area contributed by atoms with Gasteiger partial charge in [-0.1, -0.05) is 30.7 Å². The van der Waals surface area contributed by atoms with Crippen molar-refractivity contribution in [2.75, 3.05) is 13.1 Å². The average molecular weight is 443 g/mol. The van der Waals surface area contributed by atoms with Crippen LogP contribution in [0.3, 0.4) is 0 Å². The second-order valence-electron chi connectivity index (χ2n) is 8.45. The van der Waals surface area contributed by atoms with Gasteiger partial charge >= 0.3 is 0 Å². The van der Waals surface area contributed by atoms with Crippen molar-refractivity contribution in [3.05, 3.63) is 41.0 Å². The van der Waals surface area contributed by atoms with Crippen molar-refractivity contribution in [2.45, 2.75) is 63.8 Å². The van der Waals surface area contributed by atoms with Crippen molar-refractivity contribution in [3.8, 4) is 10.4 Å². The molecule has 4 atom stereocenters. The SMILES string of the molecule is Cc1ncsc1-c1ccc(C(C)NC(=O)C2C(O)CCN2C(=O)C2CCCCN2)cc1. The molecule has 8 heteroatoms. The van der Waals surface area contributed by atoms with Gasteiger partial charge in [-0.3, -0.25) is 9.59 Å². The van der Waals surface area contributed by atoms with Crippen molar-refractivity contribution in [1.82, 2.24) is 20.5 Å². The largest absolute Gasteiger partial charge is 0.390 e. The number of amides is 2. The number of aliphatic hydroxyl groups excluding tert-OH is 1. The number of aromatic nitrogens is 1. The molecule has 0 radical (unpaired) electrons. The Labute approximate surface area is 186 Å². The van der Waals surface area contributed by atoms with Crippen LogP contribution < -0.4 is 10.6 Å². The number of nitrogens with zero attached hydrogens (tertiary/aromatic N) is 2. The average Bonchev–Trinajstić information content (AvgIpc) is 3.39. The van der Waals surface area contributed by atoms with Crippen molar-refractivity contribution >= 4 is 23.2 Å². The molecule has 1 aromatic heterocycles. The van der Waals surface area contributed by atoms with E-state index in [0.717, 1.165) is 47.5 Å². The molecule has 0 bridgehead atoms. The molecule has 2 aliphatic rings. The number of nitrogens with one attached hydrogen (secondary N) is 2. The number of aliphatic hydroxyl groups is 1. The zero-order chi connectivity index (χ0) is 22.0. The third-order valence-electron chi connectivity index (χ3n) is 6.30. The van der Waals surface area contributed by atoms with E-state index in [1.807, 2.05) is 43.6 Å². The highest BCUT2D eigenvalue weighted by Gasteiger charge is 2.43. The van der Waals surface area contributed by atoms with Crippen LogP contribution in [0.4, 0.5) is 0 Å². The number of carbonyl (C=O) groups is 2. The lowest BCUT2D eigenvalue weighted by molar-refractivity contribution is -0.142. The first kappa shape index (κ1) is 21.9. The minimum Gasteiger partial charge on any atom is -0.390 e. The topological polar surface area (TPSA) is 94.6 Å². The van der Waals surface area contributed by atoms with E-state index in [9.17, 15) is 14.7 Å². The Balaban J connectivity index is 1.42. The molecule has 2 amide bonds. The van der Waals surface area contributed by atoms with Crippen LogP contribution in [-0.4, -0.2) is 58.1 Å². The van der Waals surface area contributed by atoms with E-state index < -0.39 is 12.1 Å². The van der Waals surface area contributed by atoms with Gasteiger partial charge in [0.05, 0.1) is 34.3 Å². The van der Waals surface area contributed by atoms with E-state index in [-0.39, 0.29) is 23.9 Å².